The molecule has 0 radical (unpaired) electrons. The number of rotatable bonds is 5. The highest BCUT2D eigenvalue weighted by molar-refractivity contribution is 5.77. The van der Waals surface area contributed by atoms with Crippen LogP contribution >= 0.6 is 0 Å². The zero-order valence-corrected chi connectivity index (χ0v) is 7.06. The molecule has 0 aromatic heterocycles. The van der Waals surface area contributed by atoms with E-state index < -0.39 is 0 Å². The number of carbonyl (C=O) groups is 1. The summed E-state index contributed by atoms with van der Waals surface area (Å²) in [5, 5.41) is 2.84. The molecule has 3 nitrogen and oxygen atoms in total. The number of hydrogen-bond donors (Lipinski definition) is 1. The summed E-state index contributed by atoms with van der Waals surface area (Å²) in [6.45, 7) is 0.534. The highest BCUT2D eigenvalue weighted by Crippen LogP contribution is 1.78. The van der Waals surface area contributed by atoms with Crippen LogP contribution in [-0.2, 0) is 4.79 Å². The summed E-state index contributed by atoms with van der Waals surface area (Å²) in [4.78, 5) is 12.4. The van der Waals surface area contributed by atoms with Gasteiger partial charge in [0.15, 0.2) is 0 Å². The molecule has 11 heavy (non-hydrogen) atoms. The van der Waals surface area contributed by atoms with Crippen molar-refractivity contribution in [3.63, 3.8) is 0 Å². The Kier molecular flexibility index (Phi) is 5.74. The van der Waals surface area contributed by atoms with Gasteiger partial charge in [0.2, 0.25) is 5.91 Å². The van der Waals surface area contributed by atoms with Crippen molar-refractivity contribution in [2.24, 2.45) is 0 Å². The van der Waals surface area contributed by atoms with E-state index in [0.29, 0.717) is 19.5 Å². The third-order valence-corrected chi connectivity index (χ3v) is 1.26. The first-order valence-corrected chi connectivity index (χ1v) is 3.65. The smallest absolute Gasteiger partial charge is 0.236 e. The molecule has 0 fully saturated rings. The van der Waals surface area contributed by atoms with Gasteiger partial charge >= 0.3 is 0 Å². The molecule has 0 heterocycles. The molecule has 1 N–H and O–H groups in total. The summed E-state index contributed by atoms with van der Waals surface area (Å²) in [5.74, 6) is 0.0175. The van der Waals surface area contributed by atoms with E-state index in [1.54, 1.807) is 14.1 Å². The molecule has 0 rings (SSSR count). The molecule has 0 saturated carbocycles. The summed E-state index contributed by atoms with van der Waals surface area (Å²) in [5.41, 5.74) is 0. The Balaban J connectivity index is 3.18. The molecule has 0 aliphatic heterocycles. The van der Waals surface area contributed by atoms with Crippen LogP contribution in [-0.4, -0.2) is 44.7 Å². The molecule has 0 aromatic rings. The summed E-state index contributed by atoms with van der Waals surface area (Å²) < 4.78 is 11.5. The molecule has 4 heteroatoms. The Morgan fingerprint density at radius 1 is 1.55 bits per heavy atom. The highest BCUT2D eigenvalue weighted by Gasteiger charge is 2.00. The highest BCUT2D eigenvalue weighted by atomic mass is 19.1. The van der Waals surface area contributed by atoms with Crippen molar-refractivity contribution in [3.8, 4) is 0 Å². The maximum absolute atomic E-state index is 11.5. The van der Waals surface area contributed by atoms with Crippen LogP contribution in [0.25, 0.3) is 0 Å². The first-order chi connectivity index (χ1) is 5.18. The second-order valence-electron chi connectivity index (χ2n) is 2.51. The van der Waals surface area contributed by atoms with Crippen LogP contribution < -0.4 is 5.32 Å². The van der Waals surface area contributed by atoms with Crippen molar-refractivity contribution in [2.75, 3.05) is 33.9 Å². The maximum atomic E-state index is 11.5. The van der Waals surface area contributed by atoms with Gasteiger partial charge in [0.25, 0.3) is 0 Å². The lowest BCUT2D eigenvalue weighted by Gasteiger charge is -2.09. The SMILES string of the molecule is CN(C)C(=O)CNCCCF. The molecule has 0 saturated heterocycles. The second-order valence-corrected chi connectivity index (χ2v) is 2.51. The first-order valence-electron chi connectivity index (χ1n) is 3.65. The van der Waals surface area contributed by atoms with Crippen molar-refractivity contribution in [2.45, 2.75) is 6.42 Å². The summed E-state index contributed by atoms with van der Waals surface area (Å²) >= 11 is 0. The van der Waals surface area contributed by atoms with Gasteiger partial charge in [-0.05, 0) is 13.0 Å². The van der Waals surface area contributed by atoms with E-state index in [0.717, 1.165) is 0 Å². The number of amides is 1. The molecule has 1 amide bonds. The third kappa shape index (κ3) is 5.79. The minimum Gasteiger partial charge on any atom is -0.348 e. The second kappa shape index (κ2) is 6.09. The van der Waals surface area contributed by atoms with Gasteiger partial charge in [-0.15, -0.1) is 0 Å². The fourth-order valence-corrected chi connectivity index (χ4v) is 0.545. The molecule has 0 bridgehead atoms. The largest absolute Gasteiger partial charge is 0.348 e. The minimum absolute atomic E-state index is 0.0175. The van der Waals surface area contributed by atoms with Crippen LogP contribution in [0.1, 0.15) is 6.42 Å². The minimum atomic E-state index is -0.330. The molecule has 0 aromatic carbocycles. The predicted molar refractivity (Wildman–Crippen MR) is 42.2 cm³/mol. The average Bonchev–Trinajstić information content (AvgIpc) is 1.97. The van der Waals surface area contributed by atoms with Crippen LogP contribution in [0.3, 0.4) is 0 Å². The Labute approximate surface area is 66.6 Å². The molecule has 0 unspecified atom stereocenters. The lowest BCUT2D eigenvalue weighted by molar-refractivity contribution is -0.127. The van der Waals surface area contributed by atoms with Gasteiger partial charge in [-0.1, -0.05) is 0 Å². The van der Waals surface area contributed by atoms with E-state index in [1.807, 2.05) is 0 Å². The van der Waals surface area contributed by atoms with Crippen LogP contribution in [0.15, 0.2) is 0 Å². The normalized spacial score (nSPS) is 9.73. The van der Waals surface area contributed by atoms with Gasteiger partial charge in [-0.3, -0.25) is 9.18 Å². The number of nitrogens with one attached hydrogen (secondary N) is 1. The number of carbonyl (C=O) groups excluding carboxylic acids is 1. The fraction of sp³-hybridized carbons (Fsp3) is 0.857. The fourth-order valence-electron chi connectivity index (χ4n) is 0.545. The lowest BCUT2D eigenvalue weighted by Crippen LogP contribution is -2.33. The van der Waals surface area contributed by atoms with Crippen molar-refractivity contribution < 1.29 is 9.18 Å². The summed E-state index contributed by atoms with van der Waals surface area (Å²) in [6, 6.07) is 0. The average molecular weight is 162 g/mol. The number of alkyl halides is 1. The Hall–Kier alpha value is -0.640. The van der Waals surface area contributed by atoms with E-state index in [1.165, 1.54) is 4.90 Å². The monoisotopic (exact) mass is 162 g/mol. The number of hydrogen-bond acceptors (Lipinski definition) is 2. The summed E-state index contributed by atoms with van der Waals surface area (Å²) in [7, 11) is 3.39. The van der Waals surface area contributed by atoms with Gasteiger partial charge < -0.3 is 10.2 Å². The van der Waals surface area contributed by atoms with Crippen molar-refractivity contribution in [3.05, 3.63) is 0 Å². The summed E-state index contributed by atoms with van der Waals surface area (Å²) in [6.07, 6.45) is 0.473. The quantitative estimate of drug-likeness (QED) is 0.578. The Morgan fingerprint density at radius 2 is 2.18 bits per heavy atom. The van der Waals surface area contributed by atoms with E-state index in [9.17, 15) is 9.18 Å². The molecular weight excluding hydrogens is 147 g/mol. The van der Waals surface area contributed by atoms with Gasteiger partial charge in [0.1, 0.15) is 0 Å². The molecular formula is C7H15FN2O. The standard InChI is InChI=1S/C7H15FN2O/c1-10(2)7(11)6-9-5-3-4-8/h9H,3-6H2,1-2H3. The number of nitrogens with zero attached hydrogens (tertiary/aromatic N) is 1. The van der Waals surface area contributed by atoms with Gasteiger partial charge in [-0.25, -0.2) is 0 Å². The Morgan fingerprint density at radius 3 is 2.64 bits per heavy atom. The molecule has 0 aliphatic rings. The van der Waals surface area contributed by atoms with Crippen LogP contribution in [0, 0.1) is 0 Å². The van der Waals surface area contributed by atoms with E-state index in [-0.39, 0.29) is 12.6 Å². The predicted octanol–water partition coefficient (Wildman–Crippen LogP) is 0.0238. The number of halogens is 1. The van der Waals surface area contributed by atoms with Gasteiger partial charge in [0, 0.05) is 14.1 Å². The van der Waals surface area contributed by atoms with Crippen molar-refractivity contribution in [1.82, 2.24) is 10.2 Å². The maximum Gasteiger partial charge on any atom is 0.236 e. The van der Waals surface area contributed by atoms with Crippen LogP contribution in [0.2, 0.25) is 0 Å². The zero-order chi connectivity index (χ0) is 8.69. The van der Waals surface area contributed by atoms with E-state index in [2.05, 4.69) is 5.32 Å². The zero-order valence-electron chi connectivity index (χ0n) is 7.06. The molecule has 0 aliphatic carbocycles. The van der Waals surface area contributed by atoms with Crippen molar-refractivity contribution >= 4 is 5.91 Å². The molecule has 0 spiro atoms. The lowest BCUT2D eigenvalue weighted by atomic mass is 10.4. The van der Waals surface area contributed by atoms with Crippen LogP contribution in [0.4, 0.5) is 4.39 Å². The van der Waals surface area contributed by atoms with Gasteiger partial charge in [0.05, 0.1) is 13.2 Å². The molecule has 0 atom stereocenters. The third-order valence-electron chi connectivity index (χ3n) is 1.26. The van der Waals surface area contributed by atoms with Gasteiger partial charge in [-0.2, -0.15) is 0 Å². The molecule has 66 valence electrons. The Bertz CT molecular complexity index is 117. The van der Waals surface area contributed by atoms with Crippen molar-refractivity contribution in [1.29, 1.82) is 0 Å². The van der Waals surface area contributed by atoms with Crippen LogP contribution in [0.5, 0.6) is 0 Å². The first kappa shape index (κ1) is 10.4. The van der Waals surface area contributed by atoms with E-state index in [4.69, 9.17) is 0 Å². The van der Waals surface area contributed by atoms with E-state index >= 15 is 0 Å². The topological polar surface area (TPSA) is 32.3 Å². The number of likely N-dealkylation sites (N-methyl/N-ethyl adjacent to an activating group) is 1.